The van der Waals surface area contributed by atoms with Gasteiger partial charge in [0.2, 0.25) is 0 Å². The second kappa shape index (κ2) is 6.94. The topological polar surface area (TPSA) is 38.0 Å². The average Bonchev–Trinajstić information content (AvgIpc) is 2.33. The highest BCUT2D eigenvalue weighted by Gasteiger charge is 2.17. The van der Waals surface area contributed by atoms with E-state index < -0.39 is 0 Å². The standard InChI is InChI=1S/C13H20ClFN2/c1-3-10(4-2)13(17-16)8-9-5-6-12(15)11(14)7-9/h5-7,10,13,17H,3-4,8,16H2,1-2H3. The lowest BCUT2D eigenvalue weighted by Crippen LogP contribution is -2.42. The minimum Gasteiger partial charge on any atom is -0.271 e. The molecule has 1 unspecified atom stereocenters. The highest BCUT2D eigenvalue weighted by Crippen LogP contribution is 2.20. The van der Waals surface area contributed by atoms with Crippen LogP contribution in [-0.4, -0.2) is 6.04 Å². The third kappa shape index (κ3) is 3.95. The van der Waals surface area contributed by atoms with Gasteiger partial charge in [-0.3, -0.25) is 11.3 Å². The smallest absolute Gasteiger partial charge is 0.141 e. The summed E-state index contributed by atoms with van der Waals surface area (Å²) >= 11 is 5.76. The van der Waals surface area contributed by atoms with Crippen LogP contribution in [0, 0.1) is 11.7 Å². The van der Waals surface area contributed by atoms with Crippen molar-refractivity contribution in [3.63, 3.8) is 0 Å². The van der Waals surface area contributed by atoms with Crippen molar-refractivity contribution in [1.29, 1.82) is 0 Å². The average molecular weight is 259 g/mol. The summed E-state index contributed by atoms with van der Waals surface area (Å²) in [5.74, 6) is 5.72. The van der Waals surface area contributed by atoms with Gasteiger partial charge in [0.15, 0.2) is 0 Å². The summed E-state index contributed by atoms with van der Waals surface area (Å²) in [5, 5.41) is 0.169. The highest BCUT2D eigenvalue weighted by atomic mass is 35.5. The number of halogens is 2. The lowest BCUT2D eigenvalue weighted by atomic mass is 9.90. The van der Waals surface area contributed by atoms with E-state index in [1.807, 2.05) is 0 Å². The lowest BCUT2D eigenvalue weighted by molar-refractivity contribution is 0.335. The number of hydrazine groups is 1. The molecule has 1 aromatic carbocycles. The van der Waals surface area contributed by atoms with Crippen LogP contribution < -0.4 is 11.3 Å². The number of nitrogens with two attached hydrogens (primary N) is 1. The van der Waals surface area contributed by atoms with E-state index in [4.69, 9.17) is 17.4 Å². The molecule has 0 heterocycles. The highest BCUT2D eigenvalue weighted by molar-refractivity contribution is 6.30. The van der Waals surface area contributed by atoms with Crippen LogP contribution in [0.4, 0.5) is 4.39 Å². The van der Waals surface area contributed by atoms with Crippen LogP contribution in [0.2, 0.25) is 5.02 Å². The summed E-state index contributed by atoms with van der Waals surface area (Å²) in [4.78, 5) is 0. The molecule has 0 bridgehead atoms. The van der Waals surface area contributed by atoms with E-state index in [0.29, 0.717) is 5.92 Å². The maximum absolute atomic E-state index is 13.0. The van der Waals surface area contributed by atoms with Crippen LogP contribution in [-0.2, 0) is 6.42 Å². The fraction of sp³-hybridized carbons (Fsp3) is 0.538. The molecule has 0 aliphatic rings. The molecule has 1 aromatic rings. The van der Waals surface area contributed by atoms with Gasteiger partial charge in [-0.25, -0.2) is 4.39 Å². The van der Waals surface area contributed by atoms with Gasteiger partial charge < -0.3 is 0 Å². The fourth-order valence-corrected chi connectivity index (χ4v) is 2.34. The van der Waals surface area contributed by atoms with Crippen LogP contribution in [0.25, 0.3) is 0 Å². The molecule has 0 saturated heterocycles. The molecule has 1 atom stereocenters. The van der Waals surface area contributed by atoms with Gasteiger partial charge >= 0.3 is 0 Å². The van der Waals surface area contributed by atoms with Gasteiger partial charge in [-0.1, -0.05) is 44.4 Å². The van der Waals surface area contributed by atoms with Crippen molar-refractivity contribution in [2.24, 2.45) is 11.8 Å². The second-order valence-electron chi connectivity index (χ2n) is 4.30. The Morgan fingerprint density at radius 2 is 2.00 bits per heavy atom. The van der Waals surface area contributed by atoms with Crippen molar-refractivity contribution in [1.82, 2.24) is 5.43 Å². The zero-order valence-electron chi connectivity index (χ0n) is 10.3. The molecule has 1 rings (SSSR count). The maximum Gasteiger partial charge on any atom is 0.141 e. The molecule has 0 aromatic heterocycles. The first kappa shape index (κ1) is 14.4. The predicted molar refractivity (Wildman–Crippen MR) is 70.3 cm³/mol. The maximum atomic E-state index is 13.0. The van der Waals surface area contributed by atoms with Crippen molar-refractivity contribution in [3.8, 4) is 0 Å². The third-order valence-electron chi connectivity index (χ3n) is 3.27. The molecule has 0 radical (unpaired) electrons. The Hall–Kier alpha value is -0.640. The molecule has 0 aliphatic heterocycles. The lowest BCUT2D eigenvalue weighted by Gasteiger charge is -2.24. The number of nitrogens with one attached hydrogen (secondary N) is 1. The number of hydrogen-bond donors (Lipinski definition) is 2. The Morgan fingerprint density at radius 3 is 2.47 bits per heavy atom. The molecule has 4 heteroatoms. The Labute approximate surface area is 107 Å². The number of rotatable bonds is 6. The molecule has 2 nitrogen and oxygen atoms in total. The molecule has 0 aliphatic carbocycles. The van der Waals surface area contributed by atoms with Gasteiger partial charge in [-0.15, -0.1) is 0 Å². The first-order valence-corrected chi connectivity index (χ1v) is 6.40. The fourth-order valence-electron chi connectivity index (χ4n) is 2.14. The molecular formula is C13H20ClFN2. The summed E-state index contributed by atoms with van der Waals surface area (Å²) in [5.41, 5.74) is 3.86. The Kier molecular flexibility index (Phi) is 5.89. The van der Waals surface area contributed by atoms with E-state index in [2.05, 4.69) is 19.3 Å². The van der Waals surface area contributed by atoms with Gasteiger partial charge in [0.1, 0.15) is 5.82 Å². The summed E-state index contributed by atoms with van der Waals surface area (Å²) in [6.45, 7) is 4.30. The van der Waals surface area contributed by atoms with E-state index in [-0.39, 0.29) is 16.9 Å². The number of hydrogen-bond acceptors (Lipinski definition) is 2. The van der Waals surface area contributed by atoms with E-state index >= 15 is 0 Å². The molecular weight excluding hydrogens is 239 g/mol. The summed E-state index contributed by atoms with van der Waals surface area (Å²) < 4.78 is 13.0. The van der Waals surface area contributed by atoms with Gasteiger partial charge in [-0.05, 0) is 30.0 Å². The molecule has 3 N–H and O–H groups in total. The first-order chi connectivity index (χ1) is 8.12. The van der Waals surface area contributed by atoms with Crippen molar-refractivity contribution < 1.29 is 4.39 Å². The summed E-state index contributed by atoms with van der Waals surface area (Å²) in [7, 11) is 0. The summed E-state index contributed by atoms with van der Waals surface area (Å²) in [6.07, 6.45) is 2.91. The monoisotopic (exact) mass is 258 g/mol. The Balaban J connectivity index is 2.76. The van der Waals surface area contributed by atoms with Gasteiger partial charge in [0, 0.05) is 6.04 Å². The van der Waals surface area contributed by atoms with Gasteiger partial charge in [-0.2, -0.15) is 0 Å². The van der Waals surface area contributed by atoms with Crippen molar-refractivity contribution in [3.05, 3.63) is 34.6 Å². The van der Waals surface area contributed by atoms with Crippen LogP contribution >= 0.6 is 11.6 Å². The van der Waals surface area contributed by atoms with Crippen LogP contribution in [0.3, 0.4) is 0 Å². The largest absolute Gasteiger partial charge is 0.271 e. The first-order valence-electron chi connectivity index (χ1n) is 6.02. The van der Waals surface area contributed by atoms with Crippen molar-refractivity contribution in [2.75, 3.05) is 0 Å². The Morgan fingerprint density at radius 1 is 1.35 bits per heavy atom. The predicted octanol–water partition coefficient (Wildman–Crippen LogP) is 3.29. The van der Waals surface area contributed by atoms with E-state index in [0.717, 1.165) is 24.8 Å². The second-order valence-corrected chi connectivity index (χ2v) is 4.71. The minimum absolute atomic E-state index is 0.169. The van der Waals surface area contributed by atoms with E-state index in [1.165, 1.54) is 6.07 Å². The van der Waals surface area contributed by atoms with Crippen molar-refractivity contribution in [2.45, 2.75) is 39.2 Å². The molecule has 96 valence electrons. The van der Waals surface area contributed by atoms with Crippen LogP contribution in [0.5, 0.6) is 0 Å². The molecule has 0 spiro atoms. The van der Waals surface area contributed by atoms with Crippen molar-refractivity contribution >= 4 is 11.6 Å². The van der Waals surface area contributed by atoms with E-state index in [9.17, 15) is 4.39 Å². The SMILES string of the molecule is CCC(CC)C(Cc1ccc(F)c(Cl)c1)NN. The molecule has 0 amide bonds. The molecule has 0 fully saturated rings. The Bertz CT molecular complexity index is 353. The van der Waals surface area contributed by atoms with E-state index in [1.54, 1.807) is 12.1 Å². The van der Waals surface area contributed by atoms with Crippen LogP contribution in [0.15, 0.2) is 18.2 Å². The van der Waals surface area contributed by atoms with Gasteiger partial charge in [0.05, 0.1) is 5.02 Å². The number of benzene rings is 1. The quantitative estimate of drug-likeness (QED) is 0.607. The normalized spacial score (nSPS) is 13.1. The zero-order valence-corrected chi connectivity index (χ0v) is 11.1. The molecule has 17 heavy (non-hydrogen) atoms. The summed E-state index contributed by atoms with van der Waals surface area (Å²) in [6, 6.07) is 5.03. The molecule has 0 saturated carbocycles. The minimum atomic E-state index is -0.379. The van der Waals surface area contributed by atoms with Gasteiger partial charge in [0.25, 0.3) is 0 Å². The van der Waals surface area contributed by atoms with Crippen LogP contribution in [0.1, 0.15) is 32.3 Å². The third-order valence-corrected chi connectivity index (χ3v) is 3.56. The zero-order chi connectivity index (χ0) is 12.8.